The van der Waals surface area contributed by atoms with Crippen LogP contribution in [0.15, 0.2) is 29.7 Å². The van der Waals surface area contributed by atoms with Crippen LogP contribution in [0.3, 0.4) is 0 Å². The molecule has 3 heterocycles. The molecule has 0 saturated carbocycles. The van der Waals surface area contributed by atoms with Crippen molar-refractivity contribution in [1.82, 2.24) is 19.7 Å². The predicted molar refractivity (Wildman–Crippen MR) is 54.0 cm³/mol. The first-order chi connectivity index (χ1) is 6.95. The zero-order valence-corrected chi connectivity index (χ0v) is 8.24. The van der Waals surface area contributed by atoms with Crippen LogP contribution in [0.25, 0.3) is 11.4 Å². The fourth-order valence-electron chi connectivity index (χ4n) is 1.53. The molecule has 5 heteroatoms. The Morgan fingerprint density at radius 1 is 1.36 bits per heavy atom. The molecule has 3 rings (SSSR count). The maximum absolute atomic E-state index is 4.16. The number of pyridine rings is 1. The Bertz CT molecular complexity index is 451. The van der Waals surface area contributed by atoms with Gasteiger partial charge < -0.3 is 4.57 Å². The van der Waals surface area contributed by atoms with Crippen molar-refractivity contribution in [3.05, 3.63) is 24.5 Å². The lowest BCUT2D eigenvalue weighted by Crippen LogP contribution is -1.97. The Morgan fingerprint density at radius 2 is 2.36 bits per heavy atom. The van der Waals surface area contributed by atoms with Crippen molar-refractivity contribution in [2.24, 2.45) is 0 Å². The Kier molecular flexibility index (Phi) is 1.77. The van der Waals surface area contributed by atoms with Crippen LogP contribution in [-0.2, 0) is 6.54 Å². The maximum atomic E-state index is 4.16. The van der Waals surface area contributed by atoms with E-state index in [0.29, 0.717) is 0 Å². The van der Waals surface area contributed by atoms with Crippen molar-refractivity contribution in [3.63, 3.8) is 0 Å². The predicted octanol–water partition coefficient (Wildman–Crippen LogP) is 1.45. The molecule has 0 N–H and O–H groups in total. The van der Waals surface area contributed by atoms with Gasteiger partial charge in [0.15, 0.2) is 11.0 Å². The van der Waals surface area contributed by atoms with Gasteiger partial charge in [-0.05, 0) is 12.1 Å². The molecule has 0 fully saturated rings. The molecule has 0 bridgehead atoms. The van der Waals surface area contributed by atoms with Crippen LogP contribution < -0.4 is 0 Å². The van der Waals surface area contributed by atoms with Gasteiger partial charge in [-0.25, -0.2) is 0 Å². The summed E-state index contributed by atoms with van der Waals surface area (Å²) >= 11 is 1.75. The van der Waals surface area contributed by atoms with Crippen LogP contribution in [0, 0.1) is 0 Å². The van der Waals surface area contributed by atoms with E-state index in [4.69, 9.17) is 0 Å². The quantitative estimate of drug-likeness (QED) is 0.705. The van der Waals surface area contributed by atoms with Crippen LogP contribution in [0.5, 0.6) is 0 Å². The molecule has 0 saturated heterocycles. The van der Waals surface area contributed by atoms with Crippen molar-refractivity contribution in [2.75, 3.05) is 5.75 Å². The standard InChI is InChI=1S/C9H8N4S/c1-2-7(6-10-3-1)8-11-12-9-13(8)4-5-14-9/h1-3,6H,4-5H2. The largest absolute Gasteiger partial charge is 0.301 e. The minimum Gasteiger partial charge on any atom is -0.301 e. The van der Waals surface area contributed by atoms with Crippen molar-refractivity contribution in [2.45, 2.75) is 11.7 Å². The molecule has 0 aromatic carbocycles. The molecule has 0 radical (unpaired) electrons. The first kappa shape index (κ1) is 7.99. The third kappa shape index (κ3) is 1.13. The fourth-order valence-corrected chi connectivity index (χ4v) is 2.42. The third-order valence-corrected chi connectivity index (χ3v) is 3.13. The van der Waals surface area contributed by atoms with Crippen molar-refractivity contribution >= 4 is 11.8 Å². The summed E-state index contributed by atoms with van der Waals surface area (Å²) in [5.41, 5.74) is 1.04. The Balaban J connectivity index is 2.13. The van der Waals surface area contributed by atoms with Gasteiger partial charge in [-0.3, -0.25) is 4.98 Å². The van der Waals surface area contributed by atoms with Crippen LogP contribution in [-0.4, -0.2) is 25.5 Å². The van der Waals surface area contributed by atoms with E-state index in [1.165, 1.54) is 0 Å². The lowest BCUT2D eigenvalue weighted by molar-refractivity contribution is 0.726. The number of aromatic nitrogens is 4. The first-order valence-electron chi connectivity index (χ1n) is 4.41. The van der Waals surface area contributed by atoms with E-state index in [2.05, 4.69) is 19.7 Å². The second-order valence-electron chi connectivity index (χ2n) is 3.05. The van der Waals surface area contributed by atoms with Crippen LogP contribution in [0.2, 0.25) is 0 Å². The zero-order chi connectivity index (χ0) is 9.38. The van der Waals surface area contributed by atoms with Gasteiger partial charge in [0, 0.05) is 30.3 Å². The molecule has 0 atom stereocenters. The molecule has 1 aliphatic heterocycles. The summed E-state index contributed by atoms with van der Waals surface area (Å²) in [6.07, 6.45) is 3.58. The summed E-state index contributed by atoms with van der Waals surface area (Å²) in [6.45, 7) is 0.997. The molecule has 4 nitrogen and oxygen atoms in total. The number of nitrogens with zero attached hydrogens (tertiary/aromatic N) is 4. The van der Waals surface area contributed by atoms with Crippen LogP contribution >= 0.6 is 11.8 Å². The summed E-state index contributed by atoms with van der Waals surface area (Å²) in [5, 5.41) is 9.30. The summed E-state index contributed by atoms with van der Waals surface area (Å²) < 4.78 is 2.14. The summed E-state index contributed by atoms with van der Waals surface area (Å²) in [7, 11) is 0. The van der Waals surface area contributed by atoms with Gasteiger partial charge in [-0.1, -0.05) is 11.8 Å². The van der Waals surface area contributed by atoms with E-state index >= 15 is 0 Å². The van der Waals surface area contributed by atoms with Gasteiger partial charge in [-0.2, -0.15) is 0 Å². The Hall–Kier alpha value is -1.36. The van der Waals surface area contributed by atoms with E-state index in [-0.39, 0.29) is 0 Å². The van der Waals surface area contributed by atoms with E-state index in [0.717, 1.165) is 28.8 Å². The highest BCUT2D eigenvalue weighted by molar-refractivity contribution is 7.99. The first-order valence-corrected chi connectivity index (χ1v) is 5.40. The van der Waals surface area contributed by atoms with E-state index in [1.807, 2.05) is 18.3 Å². The molecule has 0 aliphatic carbocycles. The Labute approximate surface area is 85.4 Å². The highest BCUT2D eigenvalue weighted by Crippen LogP contribution is 2.28. The van der Waals surface area contributed by atoms with Crippen LogP contribution in [0.4, 0.5) is 0 Å². The molecule has 0 spiro atoms. The minimum absolute atomic E-state index is 0.929. The average molecular weight is 204 g/mol. The lowest BCUT2D eigenvalue weighted by atomic mass is 10.3. The van der Waals surface area contributed by atoms with Crippen molar-refractivity contribution in [1.29, 1.82) is 0 Å². The smallest absolute Gasteiger partial charge is 0.191 e. The topological polar surface area (TPSA) is 43.6 Å². The third-order valence-electron chi connectivity index (χ3n) is 2.18. The number of fused-ring (bicyclic) bond motifs is 1. The fraction of sp³-hybridized carbons (Fsp3) is 0.222. The summed E-state index contributed by atoms with van der Waals surface area (Å²) in [5.74, 6) is 2.02. The molecule has 14 heavy (non-hydrogen) atoms. The van der Waals surface area contributed by atoms with E-state index < -0.39 is 0 Å². The second kappa shape index (κ2) is 3.09. The van der Waals surface area contributed by atoms with Crippen LogP contribution in [0.1, 0.15) is 0 Å². The SMILES string of the molecule is c1cncc(-c2nnc3n2CCS3)c1. The summed E-state index contributed by atoms with van der Waals surface area (Å²) in [4.78, 5) is 4.08. The molecular formula is C9H8N4S. The molecule has 70 valence electrons. The molecule has 1 aliphatic rings. The number of thioether (sulfide) groups is 1. The summed E-state index contributed by atoms with van der Waals surface area (Å²) in [6, 6.07) is 3.92. The molecule has 2 aromatic rings. The van der Waals surface area contributed by atoms with Gasteiger partial charge in [0.1, 0.15) is 0 Å². The lowest BCUT2D eigenvalue weighted by Gasteiger charge is -2.00. The second-order valence-corrected chi connectivity index (χ2v) is 4.11. The van der Waals surface area contributed by atoms with Gasteiger partial charge in [0.05, 0.1) is 0 Å². The normalized spacial score (nSPS) is 14.3. The number of hydrogen-bond donors (Lipinski definition) is 0. The van der Waals surface area contributed by atoms with Gasteiger partial charge in [0.2, 0.25) is 0 Å². The molecule has 0 amide bonds. The number of hydrogen-bond acceptors (Lipinski definition) is 4. The van der Waals surface area contributed by atoms with Gasteiger partial charge >= 0.3 is 0 Å². The monoisotopic (exact) mass is 204 g/mol. The maximum Gasteiger partial charge on any atom is 0.191 e. The molecule has 0 unspecified atom stereocenters. The highest BCUT2D eigenvalue weighted by atomic mass is 32.2. The van der Waals surface area contributed by atoms with Gasteiger partial charge in [-0.15, -0.1) is 10.2 Å². The van der Waals surface area contributed by atoms with E-state index in [9.17, 15) is 0 Å². The Morgan fingerprint density at radius 3 is 3.21 bits per heavy atom. The minimum atomic E-state index is 0.929. The van der Waals surface area contributed by atoms with Gasteiger partial charge in [0.25, 0.3) is 0 Å². The van der Waals surface area contributed by atoms with Crippen molar-refractivity contribution < 1.29 is 0 Å². The van der Waals surface area contributed by atoms with Crippen molar-refractivity contribution in [3.8, 4) is 11.4 Å². The number of rotatable bonds is 1. The zero-order valence-electron chi connectivity index (χ0n) is 7.42. The average Bonchev–Trinajstić information content (AvgIpc) is 2.79. The molecular weight excluding hydrogens is 196 g/mol. The highest BCUT2D eigenvalue weighted by Gasteiger charge is 2.18. The molecule has 2 aromatic heterocycles. The van der Waals surface area contributed by atoms with E-state index in [1.54, 1.807) is 18.0 Å².